The van der Waals surface area contributed by atoms with Crippen LogP contribution < -0.4 is 15.4 Å². The van der Waals surface area contributed by atoms with Gasteiger partial charge in [-0.15, -0.1) is 0 Å². The molecule has 0 saturated heterocycles. The van der Waals surface area contributed by atoms with Crippen LogP contribution in [0.4, 0.5) is 10.5 Å². The minimum atomic E-state index is -0.217. The van der Waals surface area contributed by atoms with E-state index >= 15 is 0 Å². The molecule has 0 bridgehead atoms. The molecule has 2 aromatic rings. The van der Waals surface area contributed by atoms with Crippen LogP contribution >= 0.6 is 0 Å². The molecule has 2 N–H and O–H groups in total. The molecule has 2 rings (SSSR count). The van der Waals surface area contributed by atoms with E-state index in [4.69, 9.17) is 4.74 Å². The summed E-state index contributed by atoms with van der Waals surface area (Å²) >= 11 is 0. The Kier molecular flexibility index (Phi) is 6.45. The number of urea groups is 1. The second kappa shape index (κ2) is 8.56. The summed E-state index contributed by atoms with van der Waals surface area (Å²) in [7, 11) is 0. The molecule has 0 heterocycles. The van der Waals surface area contributed by atoms with E-state index in [9.17, 15) is 4.79 Å². The van der Waals surface area contributed by atoms with Crippen molar-refractivity contribution >= 4 is 11.7 Å². The van der Waals surface area contributed by atoms with Crippen LogP contribution in [0.25, 0.3) is 0 Å². The largest absolute Gasteiger partial charge is 0.491 e. The maximum Gasteiger partial charge on any atom is 0.319 e. The van der Waals surface area contributed by atoms with Crippen molar-refractivity contribution in [3.8, 4) is 5.75 Å². The van der Waals surface area contributed by atoms with Gasteiger partial charge >= 0.3 is 6.03 Å². The number of amides is 2. The van der Waals surface area contributed by atoms with Gasteiger partial charge in [0.1, 0.15) is 12.4 Å². The number of para-hydroxylation sites is 2. The number of anilines is 1. The first kappa shape index (κ1) is 18.8. The topological polar surface area (TPSA) is 50.4 Å². The number of ether oxygens (including phenoxy) is 1. The Morgan fingerprint density at radius 3 is 2.28 bits per heavy atom. The normalized spacial score (nSPS) is 11.9. The second-order valence-electron chi connectivity index (χ2n) is 6.77. The molecule has 2 aromatic carbocycles. The summed E-state index contributed by atoms with van der Waals surface area (Å²) in [6.45, 7) is 10.6. The van der Waals surface area contributed by atoms with Gasteiger partial charge in [0.25, 0.3) is 0 Å². The second-order valence-corrected chi connectivity index (χ2v) is 6.77. The van der Waals surface area contributed by atoms with Gasteiger partial charge in [-0.1, -0.05) is 50.2 Å². The Balaban J connectivity index is 1.90. The Morgan fingerprint density at radius 1 is 1.00 bits per heavy atom. The third kappa shape index (κ3) is 5.24. The minimum absolute atomic E-state index is 0.106. The summed E-state index contributed by atoms with van der Waals surface area (Å²) in [5.74, 6) is 1.24. The van der Waals surface area contributed by atoms with Crippen molar-refractivity contribution in [3.05, 3.63) is 59.2 Å². The molecule has 0 spiro atoms. The lowest BCUT2D eigenvalue weighted by Crippen LogP contribution is -2.39. The van der Waals surface area contributed by atoms with Crippen LogP contribution in [0.1, 0.15) is 43.4 Å². The maximum absolute atomic E-state index is 12.3. The summed E-state index contributed by atoms with van der Waals surface area (Å²) in [5.41, 5.74) is 4.17. The van der Waals surface area contributed by atoms with Crippen LogP contribution in [0, 0.1) is 13.8 Å². The lowest BCUT2D eigenvalue weighted by atomic mass is 10.0. The van der Waals surface area contributed by atoms with Crippen molar-refractivity contribution in [2.24, 2.45) is 0 Å². The predicted molar refractivity (Wildman–Crippen MR) is 104 cm³/mol. The fourth-order valence-electron chi connectivity index (χ4n) is 2.77. The summed E-state index contributed by atoms with van der Waals surface area (Å²) < 4.78 is 5.90. The Bertz CT molecular complexity index is 705. The van der Waals surface area contributed by atoms with E-state index < -0.39 is 0 Å². The number of aryl methyl sites for hydroxylation is 2. The Morgan fingerprint density at radius 2 is 1.64 bits per heavy atom. The average Bonchev–Trinajstić information content (AvgIpc) is 2.54. The molecular formula is C21H28N2O2. The van der Waals surface area contributed by atoms with Gasteiger partial charge in [0.05, 0.1) is 6.04 Å². The number of carbonyl (C=O) groups excluding carboxylic acids is 1. The summed E-state index contributed by atoms with van der Waals surface area (Å²) in [4.78, 5) is 12.3. The number of rotatable bonds is 6. The first-order chi connectivity index (χ1) is 11.9. The van der Waals surface area contributed by atoms with Crippen LogP contribution in [0.2, 0.25) is 0 Å². The van der Waals surface area contributed by atoms with Crippen LogP contribution in [0.3, 0.4) is 0 Å². The SMILES string of the molecule is Cc1cccc(C)c1OCC(C)NC(=O)Nc1ccccc1C(C)C. The van der Waals surface area contributed by atoms with Gasteiger partial charge in [0, 0.05) is 5.69 Å². The van der Waals surface area contributed by atoms with Gasteiger partial charge in [-0.05, 0) is 49.4 Å². The highest BCUT2D eigenvalue weighted by molar-refractivity contribution is 5.90. The van der Waals surface area contributed by atoms with Gasteiger partial charge < -0.3 is 15.4 Å². The van der Waals surface area contributed by atoms with Gasteiger partial charge in [-0.25, -0.2) is 4.79 Å². The highest BCUT2D eigenvalue weighted by Gasteiger charge is 2.12. The number of benzene rings is 2. The highest BCUT2D eigenvalue weighted by atomic mass is 16.5. The number of carbonyl (C=O) groups is 1. The Hall–Kier alpha value is -2.49. The summed E-state index contributed by atoms with van der Waals surface area (Å²) in [6.07, 6.45) is 0. The maximum atomic E-state index is 12.3. The van der Waals surface area contributed by atoms with Gasteiger partial charge in [0.2, 0.25) is 0 Å². The van der Waals surface area contributed by atoms with E-state index in [1.165, 1.54) is 0 Å². The predicted octanol–water partition coefficient (Wildman–Crippen LogP) is 5.02. The first-order valence-corrected chi connectivity index (χ1v) is 8.74. The number of hydrogen-bond donors (Lipinski definition) is 2. The zero-order valence-corrected chi connectivity index (χ0v) is 15.7. The molecular weight excluding hydrogens is 312 g/mol. The molecule has 4 heteroatoms. The molecule has 0 aromatic heterocycles. The van der Waals surface area contributed by atoms with Crippen molar-refractivity contribution in [2.45, 2.75) is 46.6 Å². The van der Waals surface area contributed by atoms with Crippen molar-refractivity contribution in [1.82, 2.24) is 5.32 Å². The van der Waals surface area contributed by atoms with Crippen LogP contribution in [-0.2, 0) is 0 Å². The van der Waals surface area contributed by atoms with Gasteiger partial charge in [0.15, 0.2) is 0 Å². The lowest BCUT2D eigenvalue weighted by Gasteiger charge is -2.19. The quantitative estimate of drug-likeness (QED) is 0.776. The molecule has 2 amide bonds. The van der Waals surface area contributed by atoms with E-state index in [0.717, 1.165) is 28.1 Å². The van der Waals surface area contributed by atoms with Gasteiger partial charge in [-0.3, -0.25) is 0 Å². The Labute approximate surface area is 150 Å². The molecule has 1 unspecified atom stereocenters. The van der Waals surface area contributed by atoms with E-state index in [2.05, 4.69) is 24.5 Å². The summed E-state index contributed by atoms with van der Waals surface area (Å²) in [6, 6.07) is 13.6. The van der Waals surface area contributed by atoms with Crippen molar-refractivity contribution in [1.29, 1.82) is 0 Å². The van der Waals surface area contributed by atoms with Gasteiger partial charge in [-0.2, -0.15) is 0 Å². The third-order valence-corrected chi connectivity index (χ3v) is 4.09. The molecule has 134 valence electrons. The zero-order valence-electron chi connectivity index (χ0n) is 15.7. The molecule has 0 fully saturated rings. The fraction of sp³-hybridized carbons (Fsp3) is 0.381. The monoisotopic (exact) mass is 340 g/mol. The first-order valence-electron chi connectivity index (χ1n) is 8.74. The smallest absolute Gasteiger partial charge is 0.319 e. The van der Waals surface area contributed by atoms with Crippen LogP contribution in [-0.4, -0.2) is 18.7 Å². The minimum Gasteiger partial charge on any atom is -0.491 e. The van der Waals surface area contributed by atoms with Crippen molar-refractivity contribution < 1.29 is 9.53 Å². The zero-order chi connectivity index (χ0) is 18.4. The van der Waals surface area contributed by atoms with E-state index in [1.54, 1.807) is 0 Å². The molecule has 1 atom stereocenters. The number of nitrogens with one attached hydrogen (secondary N) is 2. The average molecular weight is 340 g/mol. The van der Waals surface area contributed by atoms with E-state index in [-0.39, 0.29) is 12.1 Å². The summed E-state index contributed by atoms with van der Waals surface area (Å²) in [5, 5.41) is 5.87. The molecule has 0 aliphatic carbocycles. The lowest BCUT2D eigenvalue weighted by molar-refractivity contribution is 0.236. The fourth-order valence-corrected chi connectivity index (χ4v) is 2.77. The van der Waals surface area contributed by atoms with Crippen molar-refractivity contribution in [3.63, 3.8) is 0 Å². The van der Waals surface area contributed by atoms with Crippen LogP contribution in [0.5, 0.6) is 5.75 Å². The third-order valence-electron chi connectivity index (χ3n) is 4.09. The standard InChI is InChI=1S/C21H28N2O2/c1-14(2)18-11-6-7-12-19(18)23-21(24)22-17(5)13-25-20-15(3)9-8-10-16(20)4/h6-12,14,17H,13H2,1-5H3,(H2,22,23,24). The molecule has 25 heavy (non-hydrogen) atoms. The number of hydrogen-bond acceptors (Lipinski definition) is 2. The van der Waals surface area contributed by atoms with Crippen LogP contribution in [0.15, 0.2) is 42.5 Å². The van der Waals surface area contributed by atoms with E-state index in [0.29, 0.717) is 12.5 Å². The molecule has 0 aliphatic rings. The molecule has 0 aliphatic heterocycles. The molecule has 0 radical (unpaired) electrons. The highest BCUT2D eigenvalue weighted by Crippen LogP contribution is 2.24. The molecule has 4 nitrogen and oxygen atoms in total. The molecule has 0 saturated carbocycles. The van der Waals surface area contributed by atoms with E-state index in [1.807, 2.05) is 63.2 Å². The van der Waals surface area contributed by atoms with Crippen molar-refractivity contribution in [2.75, 3.05) is 11.9 Å².